The summed E-state index contributed by atoms with van der Waals surface area (Å²) in [6.45, 7) is 3.63. The Bertz CT molecular complexity index is 556. The van der Waals surface area contributed by atoms with E-state index in [1.165, 1.54) is 16.8 Å². The number of anilines is 1. The smallest absolute Gasteiger partial charge is 0.243 e. The van der Waals surface area contributed by atoms with Gasteiger partial charge in [-0.1, -0.05) is 6.92 Å². The van der Waals surface area contributed by atoms with Gasteiger partial charge < -0.3 is 10.1 Å². The van der Waals surface area contributed by atoms with Gasteiger partial charge in [0, 0.05) is 12.6 Å². The first-order valence-corrected chi connectivity index (χ1v) is 6.08. The molecule has 2 atom stereocenters. The van der Waals surface area contributed by atoms with E-state index < -0.39 is 0 Å². The Kier molecular flexibility index (Phi) is 2.87. The van der Waals surface area contributed by atoms with Crippen LogP contribution in [0.1, 0.15) is 13.3 Å². The molecule has 0 aliphatic carbocycles. The zero-order valence-electron chi connectivity index (χ0n) is 10.1. The van der Waals surface area contributed by atoms with E-state index in [2.05, 4.69) is 22.3 Å². The first kappa shape index (κ1) is 11.4. The molecule has 0 spiro atoms. The van der Waals surface area contributed by atoms with Crippen LogP contribution in [0.3, 0.4) is 0 Å². The Labute approximate surface area is 104 Å². The lowest BCUT2D eigenvalue weighted by Crippen LogP contribution is -2.36. The van der Waals surface area contributed by atoms with Crippen LogP contribution < -0.4 is 5.32 Å². The van der Waals surface area contributed by atoms with Crippen LogP contribution >= 0.6 is 0 Å². The summed E-state index contributed by atoms with van der Waals surface area (Å²) >= 11 is 0. The molecule has 2 unspecified atom stereocenters. The molecule has 1 fully saturated rings. The Morgan fingerprint density at radius 3 is 3.22 bits per heavy atom. The summed E-state index contributed by atoms with van der Waals surface area (Å²) in [5, 5.41) is 7.51. The summed E-state index contributed by atoms with van der Waals surface area (Å²) in [5.41, 5.74) is 0.638. The van der Waals surface area contributed by atoms with Crippen molar-refractivity contribution < 1.29 is 9.13 Å². The van der Waals surface area contributed by atoms with Gasteiger partial charge in [-0.2, -0.15) is 4.98 Å². The summed E-state index contributed by atoms with van der Waals surface area (Å²) in [7, 11) is 0. The average Bonchev–Trinajstić information content (AvgIpc) is 2.73. The van der Waals surface area contributed by atoms with Crippen LogP contribution in [-0.2, 0) is 4.74 Å². The van der Waals surface area contributed by atoms with Gasteiger partial charge in [-0.25, -0.2) is 8.91 Å². The van der Waals surface area contributed by atoms with Gasteiger partial charge in [0.05, 0.1) is 12.8 Å². The minimum atomic E-state index is -0.321. The summed E-state index contributed by atoms with van der Waals surface area (Å²) in [4.78, 5) is 4.32. The third kappa shape index (κ3) is 2.15. The second-order valence-corrected chi connectivity index (χ2v) is 4.68. The molecule has 2 aromatic rings. The van der Waals surface area contributed by atoms with E-state index in [4.69, 9.17) is 4.74 Å². The van der Waals surface area contributed by atoms with E-state index in [1.54, 1.807) is 6.07 Å². The highest BCUT2D eigenvalue weighted by Crippen LogP contribution is 2.18. The number of ether oxygens (including phenoxy) is 1. The number of aromatic nitrogens is 3. The van der Waals surface area contributed by atoms with Gasteiger partial charge in [0.15, 0.2) is 5.65 Å². The Morgan fingerprint density at radius 1 is 1.50 bits per heavy atom. The molecule has 5 nitrogen and oxygen atoms in total. The van der Waals surface area contributed by atoms with Crippen LogP contribution in [0.25, 0.3) is 5.65 Å². The number of nitrogens with zero attached hydrogens (tertiary/aromatic N) is 3. The molecule has 1 aliphatic rings. The minimum Gasteiger partial charge on any atom is -0.381 e. The second-order valence-electron chi connectivity index (χ2n) is 4.68. The van der Waals surface area contributed by atoms with Gasteiger partial charge in [0.1, 0.15) is 5.82 Å². The highest BCUT2D eigenvalue weighted by molar-refractivity contribution is 5.43. The molecule has 0 amide bonds. The summed E-state index contributed by atoms with van der Waals surface area (Å²) in [6, 6.07) is 3.30. The molecule has 3 heterocycles. The number of nitrogens with one attached hydrogen (secondary N) is 1. The number of hydrogen-bond acceptors (Lipinski definition) is 4. The molecule has 0 radical (unpaired) electrons. The van der Waals surface area contributed by atoms with Crippen LogP contribution in [0, 0.1) is 11.7 Å². The lowest BCUT2D eigenvalue weighted by atomic mass is 9.98. The molecule has 1 saturated heterocycles. The molecule has 0 aromatic carbocycles. The molecular weight excluding hydrogens is 235 g/mol. The van der Waals surface area contributed by atoms with Crippen molar-refractivity contribution in [2.75, 3.05) is 18.5 Å². The quantitative estimate of drug-likeness (QED) is 0.881. The van der Waals surface area contributed by atoms with Crippen molar-refractivity contribution in [3.8, 4) is 0 Å². The monoisotopic (exact) mass is 250 g/mol. The Hall–Kier alpha value is -1.69. The number of pyridine rings is 1. The molecule has 18 heavy (non-hydrogen) atoms. The van der Waals surface area contributed by atoms with Crippen molar-refractivity contribution in [1.29, 1.82) is 0 Å². The second kappa shape index (κ2) is 4.53. The molecule has 1 N–H and O–H groups in total. The topological polar surface area (TPSA) is 51.5 Å². The van der Waals surface area contributed by atoms with Crippen molar-refractivity contribution in [2.45, 2.75) is 19.4 Å². The maximum atomic E-state index is 13.0. The van der Waals surface area contributed by atoms with Crippen molar-refractivity contribution >= 4 is 11.6 Å². The molecule has 3 rings (SSSR count). The highest BCUT2D eigenvalue weighted by atomic mass is 19.1. The van der Waals surface area contributed by atoms with Gasteiger partial charge in [-0.3, -0.25) is 0 Å². The first-order valence-electron chi connectivity index (χ1n) is 6.08. The molecule has 0 saturated carbocycles. The number of halogens is 1. The molecule has 2 aromatic heterocycles. The normalized spacial score (nSPS) is 24.3. The first-order chi connectivity index (χ1) is 8.72. The third-order valence-electron chi connectivity index (χ3n) is 3.25. The molecule has 1 aliphatic heterocycles. The van der Waals surface area contributed by atoms with Crippen molar-refractivity contribution in [3.63, 3.8) is 0 Å². The number of rotatable bonds is 2. The lowest BCUT2D eigenvalue weighted by Gasteiger charge is -2.28. The van der Waals surface area contributed by atoms with Gasteiger partial charge in [-0.05, 0) is 24.5 Å². The van der Waals surface area contributed by atoms with Crippen LogP contribution in [-0.4, -0.2) is 33.9 Å². The number of fused-ring (bicyclic) bond motifs is 1. The van der Waals surface area contributed by atoms with Gasteiger partial charge in [0.25, 0.3) is 0 Å². The predicted octanol–water partition coefficient (Wildman–Crippen LogP) is 1.71. The fraction of sp³-hybridized carbons (Fsp3) is 0.500. The Morgan fingerprint density at radius 2 is 2.39 bits per heavy atom. The fourth-order valence-electron chi connectivity index (χ4n) is 2.18. The van der Waals surface area contributed by atoms with E-state index >= 15 is 0 Å². The zero-order chi connectivity index (χ0) is 12.5. The van der Waals surface area contributed by atoms with Crippen LogP contribution in [0.5, 0.6) is 0 Å². The van der Waals surface area contributed by atoms with Crippen molar-refractivity contribution in [3.05, 3.63) is 24.1 Å². The van der Waals surface area contributed by atoms with Crippen LogP contribution in [0.2, 0.25) is 0 Å². The maximum Gasteiger partial charge on any atom is 0.243 e. The van der Waals surface area contributed by atoms with Crippen LogP contribution in [0.15, 0.2) is 18.3 Å². The summed E-state index contributed by atoms with van der Waals surface area (Å²) in [6.07, 6.45) is 2.26. The minimum absolute atomic E-state index is 0.306. The Balaban J connectivity index is 1.81. The number of hydrogen-bond donors (Lipinski definition) is 1. The maximum absolute atomic E-state index is 13.0. The van der Waals surface area contributed by atoms with Gasteiger partial charge >= 0.3 is 0 Å². The molecular formula is C12H15FN4O. The largest absolute Gasteiger partial charge is 0.381 e. The van der Waals surface area contributed by atoms with Crippen molar-refractivity contribution in [2.24, 2.45) is 5.92 Å². The van der Waals surface area contributed by atoms with Gasteiger partial charge in [0.2, 0.25) is 5.95 Å². The van der Waals surface area contributed by atoms with E-state index in [0.29, 0.717) is 23.6 Å². The van der Waals surface area contributed by atoms with E-state index in [1.807, 2.05) is 0 Å². The molecule has 96 valence electrons. The lowest BCUT2D eigenvalue weighted by molar-refractivity contribution is 0.0536. The van der Waals surface area contributed by atoms with E-state index in [9.17, 15) is 4.39 Å². The predicted molar refractivity (Wildman–Crippen MR) is 65.0 cm³/mol. The zero-order valence-corrected chi connectivity index (χ0v) is 10.1. The van der Waals surface area contributed by atoms with Crippen molar-refractivity contribution in [1.82, 2.24) is 14.6 Å². The fourth-order valence-corrected chi connectivity index (χ4v) is 2.18. The van der Waals surface area contributed by atoms with Gasteiger partial charge in [-0.15, -0.1) is 5.10 Å². The average molecular weight is 250 g/mol. The summed E-state index contributed by atoms with van der Waals surface area (Å²) in [5.74, 6) is 0.639. The highest BCUT2D eigenvalue weighted by Gasteiger charge is 2.22. The summed E-state index contributed by atoms with van der Waals surface area (Å²) < 4.78 is 19.9. The van der Waals surface area contributed by atoms with Crippen LogP contribution in [0.4, 0.5) is 10.3 Å². The molecule has 0 bridgehead atoms. The standard InChI is InChI=1S/C12H15FN4O/c1-8-7-18-5-4-10(8)14-12-15-11-3-2-9(13)6-17(11)16-12/h2-3,6,8,10H,4-5,7H2,1H3,(H,14,16). The van der Waals surface area contributed by atoms with E-state index in [-0.39, 0.29) is 5.82 Å². The van der Waals surface area contributed by atoms with E-state index in [0.717, 1.165) is 19.6 Å². The molecule has 6 heteroatoms. The third-order valence-corrected chi connectivity index (χ3v) is 3.25. The SMILES string of the molecule is CC1COCCC1Nc1nc2ccc(F)cn2n1.